The molecule has 0 radical (unpaired) electrons. The smallest absolute Gasteiger partial charge is 0.151 e. The van der Waals surface area contributed by atoms with E-state index in [1.165, 1.54) is 0 Å². The highest BCUT2D eigenvalue weighted by molar-refractivity contribution is 5.73. The van der Waals surface area contributed by atoms with Crippen LogP contribution in [0.4, 0.5) is 0 Å². The van der Waals surface area contributed by atoms with Crippen LogP contribution in [0, 0.1) is 0 Å². The second kappa shape index (κ2) is 6.27. The topological polar surface area (TPSA) is 50.2 Å². The monoisotopic (exact) mass is 193 g/mol. The molecule has 1 N–H and O–H groups in total. The number of hydrogen-bond acceptors (Lipinski definition) is 3. The zero-order valence-electron chi connectivity index (χ0n) is 8.15. The van der Waals surface area contributed by atoms with Crippen LogP contribution in [-0.4, -0.2) is 23.0 Å². The summed E-state index contributed by atoms with van der Waals surface area (Å²) in [4.78, 5) is 14.5. The van der Waals surface area contributed by atoms with E-state index < -0.39 is 0 Å². The van der Waals surface area contributed by atoms with E-state index in [1.807, 2.05) is 6.07 Å². The van der Waals surface area contributed by atoms with Crippen molar-refractivity contribution >= 4 is 6.29 Å². The summed E-state index contributed by atoms with van der Waals surface area (Å²) in [6.07, 6.45) is 6.21. The van der Waals surface area contributed by atoms with Crippen molar-refractivity contribution in [2.45, 2.75) is 25.7 Å². The average molecular weight is 193 g/mol. The molecule has 1 rings (SSSR count). The van der Waals surface area contributed by atoms with Crippen LogP contribution < -0.4 is 0 Å². The van der Waals surface area contributed by atoms with Crippen molar-refractivity contribution in [1.82, 2.24) is 4.98 Å². The number of carbonyl (C=O) groups is 1. The number of aldehydes is 1. The summed E-state index contributed by atoms with van der Waals surface area (Å²) < 4.78 is 0. The number of aryl methyl sites for hydroxylation is 1. The van der Waals surface area contributed by atoms with Gasteiger partial charge in [0.25, 0.3) is 0 Å². The predicted molar refractivity (Wildman–Crippen MR) is 54.3 cm³/mol. The van der Waals surface area contributed by atoms with Gasteiger partial charge in [-0.1, -0.05) is 6.42 Å². The first-order chi connectivity index (χ1) is 6.86. The molecule has 1 aromatic rings. The molecule has 0 unspecified atom stereocenters. The largest absolute Gasteiger partial charge is 0.396 e. The molecule has 0 aromatic carbocycles. The summed E-state index contributed by atoms with van der Waals surface area (Å²) in [7, 11) is 0. The van der Waals surface area contributed by atoms with E-state index in [0.29, 0.717) is 5.56 Å². The van der Waals surface area contributed by atoms with Crippen molar-refractivity contribution in [2.75, 3.05) is 6.61 Å². The fourth-order valence-corrected chi connectivity index (χ4v) is 1.25. The van der Waals surface area contributed by atoms with Gasteiger partial charge in [0.1, 0.15) is 0 Å². The molecule has 0 aliphatic carbocycles. The molecule has 0 saturated carbocycles. The third-order valence-electron chi connectivity index (χ3n) is 2.07. The molecule has 76 valence electrons. The van der Waals surface area contributed by atoms with Crippen LogP contribution in [0.1, 0.15) is 35.3 Å². The van der Waals surface area contributed by atoms with Gasteiger partial charge >= 0.3 is 0 Å². The number of rotatable bonds is 6. The molecule has 0 aliphatic heterocycles. The molecular weight excluding hydrogens is 178 g/mol. The number of pyridine rings is 1. The highest BCUT2D eigenvalue weighted by Crippen LogP contribution is 2.04. The van der Waals surface area contributed by atoms with Gasteiger partial charge in [0.15, 0.2) is 6.29 Å². The summed E-state index contributed by atoms with van der Waals surface area (Å²) in [5.41, 5.74) is 1.62. The predicted octanol–water partition coefficient (Wildman–Crippen LogP) is 1.60. The van der Waals surface area contributed by atoms with Gasteiger partial charge in [-0.15, -0.1) is 0 Å². The molecule has 1 aromatic heterocycles. The van der Waals surface area contributed by atoms with Crippen molar-refractivity contribution in [3.63, 3.8) is 0 Å². The molecule has 14 heavy (non-hydrogen) atoms. The maximum absolute atomic E-state index is 10.3. The number of unbranched alkanes of at least 4 members (excludes halogenated alkanes) is 2. The lowest BCUT2D eigenvalue weighted by atomic mass is 10.1. The highest BCUT2D eigenvalue weighted by Gasteiger charge is 1.95. The van der Waals surface area contributed by atoms with Gasteiger partial charge in [-0.05, 0) is 31.4 Å². The van der Waals surface area contributed by atoms with Gasteiger partial charge in [0.05, 0.1) is 0 Å². The van der Waals surface area contributed by atoms with Crippen molar-refractivity contribution in [3.05, 3.63) is 29.6 Å². The van der Waals surface area contributed by atoms with Gasteiger partial charge in [-0.3, -0.25) is 9.78 Å². The Kier molecular flexibility index (Phi) is 4.86. The standard InChI is InChI=1S/C11H15NO2/c13-7-3-1-2-4-11-6-5-10(9-14)8-12-11/h5-6,8-9,13H,1-4,7H2. The minimum Gasteiger partial charge on any atom is -0.396 e. The van der Waals surface area contributed by atoms with E-state index in [4.69, 9.17) is 5.11 Å². The maximum atomic E-state index is 10.3. The molecule has 0 aliphatic rings. The van der Waals surface area contributed by atoms with E-state index in [0.717, 1.165) is 37.7 Å². The first kappa shape index (κ1) is 10.9. The lowest BCUT2D eigenvalue weighted by molar-refractivity contribution is 0.112. The van der Waals surface area contributed by atoms with Crippen molar-refractivity contribution in [3.8, 4) is 0 Å². The lowest BCUT2D eigenvalue weighted by Gasteiger charge is -1.99. The number of hydrogen-bond donors (Lipinski definition) is 1. The van der Waals surface area contributed by atoms with Gasteiger partial charge in [-0.2, -0.15) is 0 Å². The van der Waals surface area contributed by atoms with Gasteiger partial charge in [0.2, 0.25) is 0 Å². The zero-order valence-corrected chi connectivity index (χ0v) is 8.15. The quantitative estimate of drug-likeness (QED) is 0.551. The van der Waals surface area contributed by atoms with E-state index >= 15 is 0 Å². The number of nitrogens with zero attached hydrogens (tertiary/aromatic N) is 1. The number of aliphatic hydroxyl groups is 1. The van der Waals surface area contributed by atoms with E-state index in [1.54, 1.807) is 12.3 Å². The first-order valence-electron chi connectivity index (χ1n) is 4.88. The molecule has 0 saturated heterocycles. The van der Waals surface area contributed by atoms with Crippen LogP contribution >= 0.6 is 0 Å². The van der Waals surface area contributed by atoms with Gasteiger partial charge < -0.3 is 5.11 Å². The number of carbonyl (C=O) groups excluding carboxylic acids is 1. The molecular formula is C11H15NO2. The van der Waals surface area contributed by atoms with Crippen LogP contribution in [0.25, 0.3) is 0 Å². The third-order valence-corrected chi connectivity index (χ3v) is 2.07. The van der Waals surface area contributed by atoms with Crippen LogP contribution in [0.5, 0.6) is 0 Å². The Bertz CT molecular complexity index is 269. The second-order valence-electron chi connectivity index (χ2n) is 3.23. The Hall–Kier alpha value is -1.22. The molecule has 0 amide bonds. The van der Waals surface area contributed by atoms with Crippen molar-refractivity contribution in [2.24, 2.45) is 0 Å². The zero-order chi connectivity index (χ0) is 10.2. The van der Waals surface area contributed by atoms with Crippen molar-refractivity contribution < 1.29 is 9.90 Å². The Morgan fingerprint density at radius 3 is 2.71 bits per heavy atom. The third kappa shape index (κ3) is 3.66. The van der Waals surface area contributed by atoms with Crippen LogP contribution in [-0.2, 0) is 6.42 Å². The van der Waals surface area contributed by atoms with Gasteiger partial charge in [0, 0.05) is 24.1 Å². The first-order valence-corrected chi connectivity index (χ1v) is 4.88. The molecule has 0 bridgehead atoms. The number of aromatic nitrogens is 1. The molecule has 3 nitrogen and oxygen atoms in total. The summed E-state index contributed by atoms with van der Waals surface area (Å²) in [5, 5.41) is 8.58. The van der Waals surface area contributed by atoms with E-state index in [-0.39, 0.29) is 6.61 Å². The Morgan fingerprint density at radius 1 is 1.29 bits per heavy atom. The fraction of sp³-hybridized carbons (Fsp3) is 0.455. The SMILES string of the molecule is O=Cc1ccc(CCCCCO)nc1. The number of aliphatic hydroxyl groups excluding tert-OH is 1. The summed E-state index contributed by atoms with van der Waals surface area (Å²) in [6.45, 7) is 0.261. The lowest BCUT2D eigenvalue weighted by Crippen LogP contribution is -1.92. The van der Waals surface area contributed by atoms with E-state index in [9.17, 15) is 4.79 Å². The highest BCUT2D eigenvalue weighted by atomic mass is 16.2. The minimum atomic E-state index is 0.261. The molecule has 3 heteroatoms. The summed E-state index contributed by atoms with van der Waals surface area (Å²) in [5.74, 6) is 0. The summed E-state index contributed by atoms with van der Waals surface area (Å²) in [6, 6.07) is 3.66. The normalized spacial score (nSPS) is 10.1. The fourth-order valence-electron chi connectivity index (χ4n) is 1.25. The van der Waals surface area contributed by atoms with Gasteiger partial charge in [-0.25, -0.2) is 0 Å². The van der Waals surface area contributed by atoms with Crippen LogP contribution in [0.3, 0.4) is 0 Å². The summed E-state index contributed by atoms with van der Waals surface area (Å²) >= 11 is 0. The Labute approximate surface area is 83.8 Å². The van der Waals surface area contributed by atoms with Crippen LogP contribution in [0.2, 0.25) is 0 Å². The van der Waals surface area contributed by atoms with Crippen molar-refractivity contribution in [1.29, 1.82) is 0 Å². The molecule has 0 fully saturated rings. The minimum absolute atomic E-state index is 0.261. The Balaban J connectivity index is 2.32. The molecule has 1 heterocycles. The van der Waals surface area contributed by atoms with E-state index in [2.05, 4.69) is 4.98 Å². The maximum Gasteiger partial charge on any atom is 0.151 e. The Morgan fingerprint density at radius 2 is 2.14 bits per heavy atom. The second-order valence-corrected chi connectivity index (χ2v) is 3.23. The molecule has 0 spiro atoms. The molecule has 0 atom stereocenters. The van der Waals surface area contributed by atoms with Crippen LogP contribution in [0.15, 0.2) is 18.3 Å². The average Bonchev–Trinajstić information content (AvgIpc) is 2.25.